The van der Waals surface area contributed by atoms with Crippen LogP contribution in [0, 0.1) is 0 Å². The van der Waals surface area contributed by atoms with Gasteiger partial charge in [-0.1, -0.05) is 52.8 Å². The van der Waals surface area contributed by atoms with Crippen LogP contribution < -0.4 is 0 Å². The van der Waals surface area contributed by atoms with E-state index in [9.17, 15) is 8.42 Å². The van der Waals surface area contributed by atoms with Crippen molar-refractivity contribution < 1.29 is 12.9 Å². The molecule has 0 aliphatic heterocycles. The maximum Gasteiger partial charge on any atom is 0.258 e. The van der Waals surface area contributed by atoms with Crippen LogP contribution in [0.2, 0.25) is 0 Å². The molecule has 5 rings (SSSR count). The molecular weight excluding hydrogens is 438 g/mol. The molecule has 0 bridgehead atoms. The lowest BCUT2D eigenvalue weighted by molar-refractivity contribution is 0.432. The minimum Gasteiger partial charge on any atom is -0.334 e. The number of fused-ring (bicyclic) bond motifs is 1. The molecule has 2 heterocycles. The molecule has 2 aromatic heterocycles. The summed E-state index contributed by atoms with van der Waals surface area (Å²) in [6.45, 7) is 2.75. The Hall–Kier alpha value is -3.85. The predicted molar refractivity (Wildman–Crippen MR) is 125 cm³/mol. The van der Waals surface area contributed by atoms with Crippen LogP contribution >= 0.6 is 0 Å². The fraction of sp³-hybridized carbons (Fsp3) is 0.167. The van der Waals surface area contributed by atoms with Crippen molar-refractivity contribution in [3.63, 3.8) is 0 Å². The molecule has 166 valence electrons. The second kappa shape index (κ2) is 8.59. The highest BCUT2D eigenvalue weighted by Crippen LogP contribution is 2.25. The van der Waals surface area contributed by atoms with Crippen LogP contribution in [0.25, 0.3) is 33.9 Å². The van der Waals surface area contributed by atoms with Crippen LogP contribution in [-0.4, -0.2) is 33.6 Å². The molecule has 0 atom stereocenters. The number of aromatic nitrogens is 5. The van der Waals surface area contributed by atoms with Crippen LogP contribution in [0.4, 0.5) is 0 Å². The van der Waals surface area contributed by atoms with E-state index in [0.29, 0.717) is 17.3 Å². The number of aryl methyl sites for hydroxylation is 1. The van der Waals surface area contributed by atoms with E-state index in [-0.39, 0.29) is 11.5 Å². The SMILES string of the molecule is CCn1nnc2cc(-c3noc(-c4ccc(CS(=O)(=O)Cc5ccccc5)cc4)n3)ccc21. The molecule has 5 aromatic rings. The van der Waals surface area contributed by atoms with E-state index in [2.05, 4.69) is 20.5 Å². The van der Waals surface area contributed by atoms with E-state index in [1.165, 1.54) is 0 Å². The third kappa shape index (κ3) is 4.54. The molecule has 0 amide bonds. The zero-order valence-electron chi connectivity index (χ0n) is 17.9. The molecule has 0 radical (unpaired) electrons. The summed E-state index contributed by atoms with van der Waals surface area (Å²) in [4.78, 5) is 4.49. The number of rotatable bonds is 7. The molecule has 0 spiro atoms. The second-order valence-corrected chi connectivity index (χ2v) is 9.81. The topological polar surface area (TPSA) is 104 Å². The normalized spacial score (nSPS) is 11.8. The standard InChI is InChI=1S/C24H21N5O3S/c1-2-29-22-13-12-20(14-21(22)26-28-29)23-25-24(32-27-23)19-10-8-18(9-11-19)16-33(30,31)15-17-6-4-3-5-7-17/h3-14H,2,15-16H2,1H3. The predicted octanol–water partition coefficient (Wildman–Crippen LogP) is 4.28. The van der Waals surface area contributed by atoms with Crippen LogP contribution in [-0.2, 0) is 27.9 Å². The molecule has 3 aromatic carbocycles. The van der Waals surface area contributed by atoms with Gasteiger partial charge in [0.1, 0.15) is 5.52 Å². The van der Waals surface area contributed by atoms with E-state index in [1.807, 2.05) is 60.1 Å². The fourth-order valence-electron chi connectivity index (χ4n) is 3.68. The smallest absolute Gasteiger partial charge is 0.258 e. The highest BCUT2D eigenvalue weighted by atomic mass is 32.2. The highest BCUT2D eigenvalue weighted by Gasteiger charge is 2.15. The lowest BCUT2D eigenvalue weighted by Gasteiger charge is -2.05. The molecular formula is C24H21N5O3S. The maximum atomic E-state index is 12.5. The molecule has 0 aliphatic rings. The van der Waals surface area contributed by atoms with Gasteiger partial charge in [-0.3, -0.25) is 0 Å². The van der Waals surface area contributed by atoms with Gasteiger partial charge in [0.2, 0.25) is 5.82 Å². The van der Waals surface area contributed by atoms with Crippen LogP contribution in [0.1, 0.15) is 18.1 Å². The summed E-state index contributed by atoms with van der Waals surface area (Å²) >= 11 is 0. The van der Waals surface area contributed by atoms with Gasteiger partial charge in [0.15, 0.2) is 9.84 Å². The first-order valence-electron chi connectivity index (χ1n) is 10.5. The zero-order chi connectivity index (χ0) is 22.8. The van der Waals surface area contributed by atoms with E-state index < -0.39 is 9.84 Å². The third-order valence-corrected chi connectivity index (χ3v) is 6.86. The van der Waals surface area contributed by atoms with Crippen molar-refractivity contribution in [1.82, 2.24) is 25.1 Å². The Labute approximate surface area is 190 Å². The second-order valence-electron chi connectivity index (χ2n) is 7.75. The van der Waals surface area contributed by atoms with Crippen molar-refractivity contribution in [2.24, 2.45) is 0 Å². The number of nitrogens with zero attached hydrogens (tertiary/aromatic N) is 5. The first kappa shape index (κ1) is 21.0. The molecule has 0 fully saturated rings. The van der Waals surface area contributed by atoms with Crippen molar-refractivity contribution in [3.05, 3.63) is 83.9 Å². The van der Waals surface area contributed by atoms with Crippen LogP contribution in [0.3, 0.4) is 0 Å². The minimum atomic E-state index is -3.28. The summed E-state index contributed by atoms with van der Waals surface area (Å²) in [5.74, 6) is 0.794. The lowest BCUT2D eigenvalue weighted by atomic mass is 10.1. The van der Waals surface area contributed by atoms with Crippen LogP contribution in [0.5, 0.6) is 0 Å². The fourth-order valence-corrected chi connectivity index (χ4v) is 5.18. The quantitative estimate of drug-likeness (QED) is 0.358. The molecule has 0 N–H and O–H groups in total. The van der Waals surface area contributed by atoms with Gasteiger partial charge in [-0.05, 0) is 48.4 Å². The summed E-state index contributed by atoms with van der Waals surface area (Å²) in [5, 5.41) is 12.4. The number of benzene rings is 3. The summed E-state index contributed by atoms with van der Waals surface area (Å²) < 4.78 is 32.4. The van der Waals surface area contributed by atoms with Crippen molar-refractivity contribution in [3.8, 4) is 22.8 Å². The molecule has 9 heteroatoms. The van der Waals surface area contributed by atoms with Crippen LogP contribution in [0.15, 0.2) is 77.3 Å². The largest absolute Gasteiger partial charge is 0.334 e. The van der Waals surface area contributed by atoms with E-state index >= 15 is 0 Å². The van der Waals surface area contributed by atoms with Crippen molar-refractivity contribution >= 4 is 20.9 Å². The van der Waals surface area contributed by atoms with E-state index in [4.69, 9.17) is 4.52 Å². The van der Waals surface area contributed by atoms with Crippen molar-refractivity contribution in [2.45, 2.75) is 25.0 Å². The first-order valence-corrected chi connectivity index (χ1v) is 12.3. The molecule has 0 saturated heterocycles. The Morgan fingerprint density at radius 2 is 1.58 bits per heavy atom. The van der Waals surface area contributed by atoms with Gasteiger partial charge < -0.3 is 4.52 Å². The Kier molecular flexibility index (Phi) is 5.47. The first-order chi connectivity index (χ1) is 16.0. The Bertz CT molecular complexity index is 1510. The molecule has 0 saturated carbocycles. The van der Waals surface area contributed by atoms with Gasteiger partial charge >= 0.3 is 0 Å². The summed E-state index contributed by atoms with van der Waals surface area (Å²) in [7, 11) is -3.28. The molecule has 0 unspecified atom stereocenters. The number of hydrogen-bond donors (Lipinski definition) is 0. The van der Waals surface area contributed by atoms with Crippen molar-refractivity contribution in [2.75, 3.05) is 0 Å². The van der Waals surface area contributed by atoms with Gasteiger partial charge in [0.05, 0.1) is 17.0 Å². The lowest BCUT2D eigenvalue weighted by Crippen LogP contribution is -2.07. The highest BCUT2D eigenvalue weighted by molar-refractivity contribution is 7.89. The zero-order valence-corrected chi connectivity index (χ0v) is 18.7. The van der Waals surface area contributed by atoms with Gasteiger partial charge in [0.25, 0.3) is 5.89 Å². The summed E-state index contributed by atoms with van der Waals surface area (Å²) in [5.41, 5.74) is 4.70. The number of hydrogen-bond acceptors (Lipinski definition) is 7. The average molecular weight is 460 g/mol. The van der Waals surface area contributed by atoms with E-state index in [1.54, 1.807) is 24.3 Å². The summed E-state index contributed by atoms with van der Waals surface area (Å²) in [6, 6.07) is 22.0. The third-order valence-electron chi connectivity index (χ3n) is 5.31. The van der Waals surface area contributed by atoms with E-state index in [0.717, 1.165) is 34.3 Å². The van der Waals surface area contributed by atoms with Gasteiger partial charge in [-0.25, -0.2) is 13.1 Å². The molecule has 8 nitrogen and oxygen atoms in total. The monoisotopic (exact) mass is 459 g/mol. The average Bonchev–Trinajstić information content (AvgIpc) is 3.46. The minimum absolute atomic E-state index is 0.0129. The van der Waals surface area contributed by atoms with Crippen molar-refractivity contribution in [1.29, 1.82) is 0 Å². The Balaban J connectivity index is 1.32. The Morgan fingerprint density at radius 3 is 2.30 bits per heavy atom. The number of sulfone groups is 1. The molecule has 33 heavy (non-hydrogen) atoms. The van der Waals surface area contributed by atoms with Gasteiger partial charge in [0, 0.05) is 17.7 Å². The maximum absolute atomic E-state index is 12.5. The Morgan fingerprint density at radius 1 is 0.879 bits per heavy atom. The van der Waals surface area contributed by atoms with Gasteiger partial charge in [-0.15, -0.1) is 5.10 Å². The molecule has 0 aliphatic carbocycles. The summed E-state index contributed by atoms with van der Waals surface area (Å²) in [6.07, 6.45) is 0. The van der Waals surface area contributed by atoms with Gasteiger partial charge in [-0.2, -0.15) is 4.98 Å².